The van der Waals surface area contributed by atoms with Crippen molar-refractivity contribution in [2.24, 2.45) is 11.8 Å². The van der Waals surface area contributed by atoms with Gasteiger partial charge in [-0.3, -0.25) is 0 Å². The van der Waals surface area contributed by atoms with Crippen LogP contribution in [0.25, 0.3) is 0 Å². The van der Waals surface area contributed by atoms with Gasteiger partial charge < -0.3 is 4.74 Å². The fraction of sp³-hybridized carbons (Fsp3) is 0.500. The summed E-state index contributed by atoms with van der Waals surface area (Å²) in [4.78, 5) is 0. The lowest BCUT2D eigenvalue weighted by Crippen LogP contribution is -2.39. The first kappa shape index (κ1) is 6.61. The Labute approximate surface area is 77.7 Å². The molecule has 0 amide bonds. The fourth-order valence-electron chi connectivity index (χ4n) is 3.20. The first-order valence-electron chi connectivity index (χ1n) is 5.14. The van der Waals surface area contributed by atoms with Crippen molar-refractivity contribution in [1.82, 2.24) is 0 Å². The summed E-state index contributed by atoms with van der Waals surface area (Å²) in [6.45, 7) is 0.848. The normalized spacial score (nSPS) is 44.0. The van der Waals surface area contributed by atoms with Crippen LogP contribution in [-0.2, 0) is 11.3 Å². The van der Waals surface area contributed by atoms with Crippen LogP contribution < -0.4 is 0 Å². The summed E-state index contributed by atoms with van der Waals surface area (Å²) in [5, 5.41) is 0. The van der Waals surface area contributed by atoms with Crippen LogP contribution in [-0.4, -0.2) is 6.10 Å². The molecule has 1 heteroatoms. The second kappa shape index (κ2) is 1.98. The Morgan fingerprint density at radius 3 is 3.08 bits per heavy atom. The van der Waals surface area contributed by atoms with E-state index in [1.807, 2.05) is 0 Å². The lowest BCUT2D eigenvalue weighted by molar-refractivity contribution is -0.0513. The molecule has 13 heavy (non-hydrogen) atoms. The number of rotatable bonds is 0. The maximum Gasteiger partial charge on any atom is 0.0723 e. The molecule has 3 aliphatic rings. The van der Waals surface area contributed by atoms with Crippen molar-refractivity contribution in [1.29, 1.82) is 0 Å². The molecule has 1 nitrogen and oxygen atoms in total. The molecule has 0 radical (unpaired) electrons. The summed E-state index contributed by atoms with van der Waals surface area (Å²) in [5.41, 5.74) is 3.01. The molecule has 1 aliphatic heterocycles. The van der Waals surface area contributed by atoms with Gasteiger partial charge >= 0.3 is 0 Å². The van der Waals surface area contributed by atoms with Crippen molar-refractivity contribution in [3.63, 3.8) is 0 Å². The Hall–Kier alpha value is -0.820. The summed E-state index contributed by atoms with van der Waals surface area (Å²) in [5.74, 6) is 2.67. The highest BCUT2D eigenvalue weighted by Crippen LogP contribution is 2.67. The van der Waals surface area contributed by atoms with Crippen molar-refractivity contribution in [2.75, 3.05) is 0 Å². The van der Waals surface area contributed by atoms with Crippen LogP contribution in [0.4, 0.5) is 0 Å². The van der Waals surface area contributed by atoms with Crippen LogP contribution in [0, 0.1) is 11.8 Å². The summed E-state index contributed by atoms with van der Waals surface area (Å²) in [7, 11) is 0. The second-order valence-corrected chi connectivity index (χ2v) is 4.56. The molecule has 0 saturated heterocycles. The van der Waals surface area contributed by atoms with Gasteiger partial charge in [0, 0.05) is 5.92 Å². The van der Waals surface area contributed by atoms with E-state index in [4.69, 9.17) is 4.74 Å². The van der Waals surface area contributed by atoms with Crippen LogP contribution in [0.15, 0.2) is 24.3 Å². The van der Waals surface area contributed by atoms with Crippen LogP contribution in [0.3, 0.4) is 0 Å². The smallest absolute Gasteiger partial charge is 0.0723 e. The SMILES string of the molecule is c1ccc2c(c1)COC1C3CC3C21. The predicted octanol–water partition coefficient (Wildman–Crippen LogP) is 2.32. The van der Waals surface area contributed by atoms with E-state index in [9.17, 15) is 0 Å². The van der Waals surface area contributed by atoms with E-state index < -0.39 is 0 Å². The molecule has 1 aromatic rings. The molecule has 0 spiro atoms. The van der Waals surface area contributed by atoms with E-state index in [1.54, 1.807) is 5.56 Å². The fourth-order valence-corrected chi connectivity index (χ4v) is 3.20. The van der Waals surface area contributed by atoms with E-state index in [0.29, 0.717) is 6.10 Å². The zero-order chi connectivity index (χ0) is 8.41. The number of hydrogen-bond donors (Lipinski definition) is 0. The topological polar surface area (TPSA) is 9.23 Å². The Morgan fingerprint density at radius 1 is 1.15 bits per heavy atom. The standard InChI is InChI=1S/C12H12O/c1-2-4-8-7(3-1)6-13-12-10-5-9(10)11(8)12/h1-4,9-12H,5-6H2. The maximum absolute atomic E-state index is 5.86. The maximum atomic E-state index is 5.86. The lowest BCUT2D eigenvalue weighted by atomic mass is 9.74. The molecular formula is C12H12O. The molecule has 4 atom stereocenters. The quantitative estimate of drug-likeness (QED) is 0.583. The minimum atomic E-state index is 0.583. The predicted molar refractivity (Wildman–Crippen MR) is 49.4 cm³/mol. The third-order valence-electron chi connectivity index (χ3n) is 3.97. The van der Waals surface area contributed by atoms with Gasteiger partial charge in [0.2, 0.25) is 0 Å². The third kappa shape index (κ3) is 0.682. The van der Waals surface area contributed by atoms with Gasteiger partial charge in [-0.15, -0.1) is 0 Å². The highest BCUT2D eigenvalue weighted by Gasteiger charge is 2.63. The van der Waals surface area contributed by atoms with Crippen molar-refractivity contribution < 1.29 is 4.74 Å². The van der Waals surface area contributed by atoms with E-state index in [0.717, 1.165) is 24.4 Å². The summed E-state index contributed by atoms with van der Waals surface area (Å²) >= 11 is 0. The molecule has 4 unspecified atom stereocenters. The molecule has 4 rings (SSSR count). The van der Waals surface area contributed by atoms with Gasteiger partial charge in [-0.1, -0.05) is 24.3 Å². The van der Waals surface area contributed by atoms with Crippen LogP contribution in [0.1, 0.15) is 23.5 Å². The minimum Gasteiger partial charge on any atom is -0.373 e. The molecule has 0 N–H and O–H groups in total. The largest absolute Gasteiger partial charge is 0.373 e. The number of benzene rings is 1. The molecular weight excluding hydrogens is 160 g/mol. The number of fused-ring (bicyclic) bond motifs is 6. The van der Waals surface area contributed by atoms with Gasteiger partial charge in [0.1, 0.15) is 0 Å². The average molecular weight is 172 g/mol. The van der Waals surface area contributed by atoms with Gasteiger partial charge in [-0.05, 0) is 29.4 Å². The van der Waals surface area contributed by atoms with Crippen molar-refractivity contribution in [2.45, 2.75) is 25.0 Å². The van der Waals surface area contributed by atoms with E-state index in [1.165, 1.54) is 12.0 Å². The molecule has 66 valence electrons. The molecule has 0 bridgehead atoms. The zero-order valence-electron chi connectivity index (χ0n) is 7.44. The van der Waals surface area contributed by atoms with Crippen LogP contribution in [0.2, 0.25) is 0 Å². The van der Waals surface area contributed by atoms with Gasteiger partial charge in [0.25, 0.3) is 0 Å². The highest BCUT2D eigenvalue weighted by molar-refractivity contribution is 5.39. The number of ether oxygens (including phenoxy) is 1. The Morgan fingerprint density at radius 2 is 2.08 bits per heavy atom. The summed E-state index contributed by atoms with van der Waals surface area (Å²) in [6, 6.07) is 8.79. The van der Waals surface area contributed by atoms with E-state index >= 15 is 0 Å². The van der Waals surface area contributed by atoms with Crippen molar-refractivity contribution >= 4 is 0 Å². The average Bonchev–Trinajstić information content (AvgIpc) is 2.85. The molecule has 1 heterocycles. The van der Waals surface area contributed by atoms with Crippen molar-refractivity contribution in [3.05, 3.63) is 35.4 Å². The van der Waals surface area contributed by atoms with E-state index in [2.05, 4.69) is 24.3 Å². The van der Waals surface area contributed by atoms with Crippen LogP contribution >= 0.6 is 0 Å². The summed E-state index contributed by atoms with van der Waals surface area (Å²) in [6.07, 6.45) is 2.00. The highest BCUT2D eigenvalue weighted by atomic mass is 16.5. The van der Waals surface area contributed by atoms with Gasteiger partial charge in [-0.2, -0.15) is 0 Å². The molecule has 2 aliphatic carbocycles. The Balaban J connectivity index is 1.86. The Bertz CT molecular complexity index is 371. The molecule has 0 aromatic heterocycles. The first-order valence-corrected chi connectivity index (χ1v) is 5.14. The van der Waals surface area contributed by atoms with Gasteiger partial charge in [0.05, 0.1) is 12.7 Å². The second-order valence-electron chi connectivity index (χ2n) is 4.56. The monoisotopic (exact) mass is 172 g/mol. The van der Waals surface area contributed by atoms with E-state index in [-0.39, 0.29) is 0 Å². The van der Waals surface area contributed by atoms with Gasteiger partial charge in [-0.25, -0.2) is 0 Å². The summed E-state index contributed by atoms with van der Waals surface area (Å²) < 4.78 is 5.86. The zero-order valence-corrected chi connectivity index (χ0v) is 7.44. The third-order valence-corrected chi connectivity index (χ3v) is 3.97. The molecule has 1 aromatic carbocycles. The molecule has 2 saturated carbocycles. The molecule has 2 fully saturated rings. The van der Waals surface area contributed by atoms with Gasteiger partial charge in [0.15, 0.2) is 0 Å². The van der Waals surface area contributed by atoms with Crippen LogP contribution in [0.5, 0.6) is 0 Å². The number of hydrogen-bond acceptors (Lipinski definition) is 1. The first-order chi connectivity index (χ1) is 6.45. The van der Waals surface area contributed by atoms with Crippen molar-refractivity contribution in [3.8, 4) is 0 Å². The minimum absolute atomic E-state index is 0.583. The lowest BCUT2D eigenvalue weighted by Gasteiger charge is -2.41. The Kier molecular flexibility index (Phi) is 1.01.